The van der Waals surface area contributed by atoms with E-state index in [2.05, 4.69) is 26.6 Å². The molecule has 0 radical (unpaired) electrons. The zero-order valence-electron chi connectivity index (χ0n) is 15.0. The van der Waals surface area contributed by atoms with Gasteiger partial charge in [0.05, 0.1) is 0 Å². The van der Waals surface area contributed by atoms with Crippen molar-refractivity contribution in [1.29, 1.82) is 0 Å². The van der Waals surface area contributed by atoms with Gasteiger partial charge in [0.2, 0.25) is 0 Å². The minimum atomic E-state index is -0.718. The van der Waals surface area contributed by atoms with Gasteiger partial charge in [-0.1, -0.05) is 40.2 Å². The van der Waals surface area contributed by atoms with Crippen LogP contribution in [0.3, 0.4) is 0 Å². The molecule has 0 saturated heterocycles. The molecule has 0 fully saturated rings. The van der Waals surface area contributed by atoms with Crippen LogP contribution in [0.4, 0.5) is 14.5 Å². The van der Waals surface area contributed by atoms with Gasteiger partial charge in [-0.15, -0.1) is 0 Å². The summed E-state index contributed by atoms with van der Waals surface area (Å²) in [7, 11) is 0. The Hall–Kier alpha value is -3.32. The summed E-state index contributed by atoms with van der Waals surface area (Å²) in [5.74, 6) is -2.35. The Morgan fingerprint density at radius 1 is 0.897 bits per heavy atom. The molecule has 7 heteroatoms. The molecule has 3 aromatic rings. The number of halogens is 3. The summed E-state index contributed by atoms with van der Waals surface area (Å²) in [6.45, 7) is 0. The van der Waals surface area contributed by atoms with Crippen LogP contribution in [0.5, 0.6) is 0 Å². The lowest BCUT2D eigenvalue weighted by Crippen LogP contribution is -2.30. The summed E-state index contributed by atoms with van der Waals surface area (Å²) in [4.78, 5) is 25.3. The Balaban J connectivity index is 1.90. The Labute approximate surface area is 174 Å². The molecule has 0 aromatic heterocycles. The Bertz CT molecular complexity index is 1080. The number of carbonyl (C=O) groups is 2. The van der Waals surface area contributed by atoms with E-state index >= 15 is 0 Å². The van der Waals surface area contributed by atoms with E-state index < -0.39 is 23.4 Å². The van der Waals surface area contributed by atoms with Crippen LogP contribution in [0.1, 0.15) is 15.9 Å². The van der Waals surface area contributed by atoms with E-state index in [9.17, 15) is 18.4 Å². The number of rotatable bonds is 5. The fourth-order valence-corrected chi connectivity index (χ4v) is 2.73. The molecule has 0 aliphatic heterocycles. The molecular formula is C22H15BrF2N2O2. The second-order valence-corrected chi connectivity index (χ2v) is 6.92. The van der Waals surface area contributed by atoms with E-state index in [4.69, 9.17) is 0 Å². The van der Waals surface area contributed by atoms with Crippen LogP contribution in [-0.4, -0.2) is 11.8 Å². The number of amides is 2. The molecule has 0 aliphatic carbocycles. The van der Waals surface area contributed by atoms with E-state index in [0.29, 0.717) is 5.56 Å². The zero-order valence-corrected chi connectivity index (χ0v) is 16.5. The third-order valence-electron chi connectivity index (χ3n) is 3.89. The molecule has 146 valence electrons. The highest BCUT2D eigenvalue weighted by atomic mass is 79.9. The molecule has 0 atom stereocenters. The quantitative estimate of drug-likeness (QED) is 0.522. The average Bonchev–Trinajstić information content (AvgIpc) is 2.69. The first-order chi connectivity index (χ1) is 13.9. The summed E-state index contributed by atoms with van der Waals surface area (Å²) in [6, 6.07) is 17.6. The van der Waals surface area contributed by atoms with E-state index in [1.54, 1.807) is 30.3 Å². The minimum Gasteiger partial charge on any atom is -0.321 e. The predicted molar refractivity (Wildman–Crippen MR) is 111 cm³/mol. The van der Waals surface area contributed by atoms with Crippen LogP contribution >= 0.6 is 15.9 Å². The van der Waals surface area contributed by atoms with Gasteiger partial charge < -0.3 is 10.6 Å². The lowest BCUT2D eigenvalue weighted by Gasteiger charge is -2.12. The number of nitrogens with one attached hydrogen (secondary N) is 2. The first-order valence-electron chi connectivity index (χ1n) is 8.52. The first-order valence-corrected chi connectivity index (χ1v) is 9.32. The van der Waals surface area contributed by atoms with Crippen LogP contribution in [0.15, 0.2) is 83.0 Å². The third-order valence-corrected chi connectivity index (χ3v) is 4.42. The Morgan fingerprint density at radius 2 is 1.62 bits per heavy atom. The van der Waals surface area contributed by atoms with Crippen molar-refractivity contribution in [1.82, 2.24) is 5.32 Å². The highest BCUT2D eigenvalue weighted by Crippen LogP contribution is 2.15. The normalized spacial score (nSPS) is 11.1. The SMILES string of the molecule is O=C(Nc1cccc(F)c1)/C(=C/c1ccccc1F)NC(=O)c1ccc(Br)cc1. The van der Waals surface area contributed by atoms with E-state index in [0.717, 1.165) is 10.5 Å². The molecular weight excluding hydrogens is 442 g/mol. The molecule has 3 aromatic carbocycles. The molecule has 2 N–H and O–H groups in total. The van der Waals surface area contributed by atoms with Gasteiger partial charge in [0.1, 0.15) is 17.3 Å². The summed E-state index contributed by atoms with van der Waals surface area (Å²) < 4.78 is 28.2. The van der Waals surface area contributed by atoms with Gasteiger partial charge in [0.25, 0.3) is 11.8 Å². The summed E-state index contributed by atoms with van der Waals surface area (Å²) in [5, 5.41) is 4.99. The Kier molecular flexibility index (Phi) is 6.51. The topological polar surface area (TPSA) is 58.2 Å². The standard InChI is InChI=1S/C22H15BrF2N2O2/c23-16-10-8-14(9-11-16)21(28)27-20(12-15-4-1-2-7-19(15)25)22(29)26-18-6-3-5-17(24)13-18/h1-13H,(H,26,29)(H,27,28)/b20-12-. The van der Waals surface area contributed by atoms with E-state index in [-0.39, 0.29) is 16.9 Å². The summed E-state index contributed by atoms with van der Waals surface area (Å²) in [5.41, 5.74) is 0.443. The van der Waals surface area contributed by atoms with Gasteiger partial charge in [-0.25, -0.2) is 8.78 Å². The van der Waals surface area contributed by atoms with Crippen molar-refractivity contribution >= 4 is 39.5 Å². The number of anilines is 1. The van der Waals surface area contributed by atoms with Gasteiger partial charge in [-0.05, 0) is 54.6 Å². The molecule has 0 saturated carbocycles. The van der Waals surface area contributed by atoms with Crippen molar-refractivity contribution in [3.63, 3.8) is 0 Å². The lowest BCUT2D eigenvalue weighted by atomic mass is 10.1. The molecule has 2 amide bonds. The van der Waals surface area contributed by atoms with Crippen molar-refractivity contribution in [3.05, 3.63) is 106 Å². The molecule has 0 unspecified atom stereocenters. The summed E-state index contributed by atoms with van der Waals surface area (Å²) in [6.07, 6.45) is 1.22. The predicted octanol–water partition coefficient (Wildman–Crippen LogP) is 5.14. The Morgan fingerprint density at radius 3 is 2.31 bits per heavy atom. The van der Waals surface area contributed by atoms with E-state index in [1.165, 1.54) is 42.5 Å². The van der Waals surface area contributed by atoms with Crippen LogP contribution in [0.25, 0.3) is 6.08 Å². The van der Waals surface area contributed by atoms with Crippen molar-refractivity contribution in [2.75, 3.05) is 5.32 Å². The molecule has 29 heavy (non-hydrogen) atoms. The first kappa shape index (κ1) is 20.4. The molecule has 4 nitrogen and oxygen atoms in total. The fraction of sp³-hybridized carbons (Fsp3) is 0. The molecule has 0 spiro atoms. The van der Waals surface area contributed by atoms with Crippen molar-refractivity contribution < 1.29 is 18.4 Å². The van der Waals surface area contributed by atoms with Crippen molar-refractivity contribution in [2.45, 2.75) is 0 Å². The van der Waals surface area contributed by atoms with Gasteiger partial charge >= 0.3 is 0 Å². The number of hydrogen-bond donors (Lipinski definition) is 2. The van der Waals surface area contributed by atoms with Crippen molar-refractivity contribution in [3.8, 4) is 0 Å². The lowest BCUT2D eigenvalue weighted by molar-refractivity contribution is -0.113. The third kappa shape index (κ3) is 5.58. The monoisotopic (exact) mass is 456 g/mol. The van der Waals surface area contributed by atoms with Crippen LogP contribution < -0.4 is 10.6 Å². The fourth-order valence-electron chi connectivity index (χ4n) is 2.47. The van der Waals surface area contributed by atoms with E-state index in [1.807, 2.05) is 0 Å². The maximum atomic E-state index is 14.1. The molecule has 0 bridgehead atoms. The molecule has 0 heterocycles. The zero-order chi connectivity index (χ0) is 20.8. The number of carbonyl (C=O) groups excluding carboxylic acids is 2. The number of hydrogen-bond acceptors (Lipinski definition) is 2. The highest BCUT2D eigenvalue weighted by molar-refractivity contribution is 9.10. The van der Waals surface area contributed by atoms with Gasteiger partial charge in [-0.3, -0.25) is 9.59 Å². The second-order valence-electron chi connectivity index (χ2n) is 6.01. The van der Waals surface area contributed by atoms with Gasteiger partial charge in [-0.2, -0.15) is 0 Å². The molecule has 3 rings (SSSR count). The van der Waals surface area contributed by atoms with Crippen LogP contribution in [0, 0.1) is 11.6 Å². The second kappa shape index (κ2) is 9.25. The molecule has 0 aliphatic rings. The largest absolute Gasteiger partial charge is 0.321 e. The summed E-state index contributed by atoms with van der Waals surface area (Å²) >= 11 is 3.28. The maximum absolute atomic E-state index is 14.1. The van der Waals surface area contributed by atoms with Crippen LogP contribution in [-0.2, 0) is 4.79 Å². The highest BCUT2D eigenvalue weighted by Gasteiger charge is 2.16. The van der Waals surface area contributed by atoms with Gasteiger partial charge in [0, 0.05) is 21.3 Å². The smallest absolute Gasteiger partial charge is 0.272 e. The average molecular weight is 457 g/mol. The van der Waals surface area contributed by atoms with Crippen LogP contribution in [0.2, 0.25) is 0 Å². The van der Waals surface area contributed by atoms with Gasteiger partial charge in [0.15, 0.2) is 0 Å². The number of benzene rings is 3. The minimum absolute atomic E-state index is 0.119. The van der Waals surface area contributed by atoms with Crippen molar-refractivity contribution in [2.24, 2.45) is 0 Å². The maximum Gasteiger partial charge on any atom is 0.272 e.